The smallest absolute Gasteiger partial charge is 0.0541 e. The molecule has 0 aliphatic rings. The van der Waals surface area contributed by atoms with Crippen LogP contribution in [0.1, 0.15) is 0 Å². The first-order valence-corrected chi connectivity index (χ1v) is 18.7. The van der Waals surface area contributed by atoms with Crippen LogP contribution in [0.25, 0.3) is 103 Å². The Morgan fingerprint density at radius 3 is 1.79 bits per heavy atom. The van der Waals surface area contributed by atoms with Crippen molar-refractivity contribution in [1.82, 2.24) is 4.57 Å². The summed E-state index contributed by atoms with van der Waals surface area (Å²) in [6.45, 7) is 0. The number of thiophene rings is 1. The van der Waals surface area contributed by atoms with E-state index < -0.39 is 0 Å². The van der Waals surface area contributed by atoms with Gasteiger partial charge in [-0.25, -0.2) is 0 Å². The third kappa shape index (κ3) is 4.41. The molecule has 0 N–H and O–H groups in total. The summed E-state index contributed by atoms with van der Waals surface area (Å²) in [5, 5.41) is 10.3. The lowest BCUT2D eigenvalue weighted by Crippen LogP contribution is -1.94. The Kier molecular flexibility index (Phi) is 6.49. The maximum atomic E-state index is 2.47. The highest BCUT2D eigenvalue weighted by molar-refractivity contribution is 7.26. The van der Waals surface area contributed by atoms with Gasteiger partial charge in [0.05, 0.1) is 11.0 Å². The van der Waals surface area contributed by atoms with Crippen LogP contribution >= 0.6 is 11.3 Å². The zero-order valence-corrected chi connectivity index (χ0v) is 29.1. The van der Waals surface area contributed by atoms with Crippen LogP contribution < -0.4 is 0 Å². The molecule has 2 heterocycles. The van der Waals surface area contributed by atoms with Crippen LogP contribution in [0.4, 0.5) is 0 Å². The Morgan fingerprint density at radius 2 is 0.962 bits per heavy atom. The minimum absolute atomic E-state index is 1.16. The molecule has 0 radical (unpaired) electrons. The molecule has 9 aromatic carbocycles. The van der Waals surface area contributed by atoms with Crippen molar-refractivity contribution in [2.75, 3.05) is 0 Å². The number of rotatable bonds is 4. The second-order valence-electron chi connectivity index (χ2n) is 13.7. The fraction of sp³-hybridized carbons (Fsp3) is 0. The van der Waals surface area contributed by atoms with Gasteiger partial charge in [-0.2, -0.15) is 0 Å². The molecule has 11 rings (SSSR count). The quantitative estimate of drug-likeness (QED) is 0.163. The number of aromatic nitrogens is 1. The van der Waals surface area contributed by atoms with Crippen LogP contribution in [0.15, 0.2) is 188 Å². The van der Waals surface area contributed by atoms with E-state index in [9.17, 15) is 0 Å². The fourth-order valence-corrected chi connectivity index (χ4v) is 9.67. The lowest BCUT2D eigenvalue weighted by Gasteiger charge is -2.15. The number of benzene rings is 9. The van der Waals surface area contributed by atoms with E-state index >= 15 is 0 Å². The average molecular weight is 678 g/mol. The highest BCUT2D eigenvalue weighted by atomic mass is 32.1. The van der Waals surface area contributed by atoms with E-state index in [-0.39, 0.29) is 0 Å². The van der Waals surface area contributed by atoms with Gasteiger partial charge in [0.2, 0.25) is 0 Å². The van der Waals surface area contributed by atoms with E-state index in [1.165, 1.54) is 96.9 Å². The number of fused-ring (bicyclic) bond motifs is 10. The molecule has 0 saturated carbocycles. The largest absolute Gasteiger partial charge is 0.309 e. The molecule has 2 heteroatoms. The highest BCUT2D eigenvalue weighted by Gasteiger charge is 2.20. The third-order valence-electron chi connectivity index (χ3n) is 10.8. The molecule has 0 fully saturated rings. The molecule has 11 aromatic rings. The Balaban J connectivity index is 1.20. The first-order valence-electron chi connectivity index (χ1n) is 17.8. The Bertz CT molecular complexity index is 3170. The molecule has 0 amide bonds. The monoisotopic (exact) mass is 677 g/mol. The van der Waals surface area contributed by atoms with E-state index in [0.717, 1.165) is 5.69 Å². The topological polar surface area (TPSA) is 4.93 Å². The van der Waals surface area contributed by atoms with Crippen LogP contribution in [0.5, 0.6) is 0 Å². The van der Waals surface area contributed by atoms with Gasteiger partial charge >= 0.3 is 0 Å². The van der Waals surface area contributed by atoms with E-state index in [4.69, 9.17) is 0 Å². The van der Waals surface area contributed by atoms with Gasteiger partial charge in [0.15, 0.2) is 0 Å². The molecule has 0 spiro atoms. The van der Waals surface area contributed by atoms with Crippen molar-refractivity contribution in [1.29, 1.82) is 0 Å². The van der Waals surface area contributed by atoms with Gasteiger partial charge in [-0.05, 0) is 98.1 Å². The van der Waals surface area contributed by atoms with Crippen LogP contribution in [0, 0.1) is 0 Å². The molecular formula is C50H31NS. The molecule has 1 nitrogen and oxygen atoms in total. The molecule has 0 unspecified atom stereocenters. The maximum Gasteiger partial charge on any atom is 0.0541 e. The number of hydrogen-bond acceptors (Lipinski definition) is 1. The zero-order valence-electron chi connectivity index (χ0n) is 28.3. The van der Waals surface area contributed by atoms with Crippen LogP contribution in [0.3, 0.4) is 0 Å². The highest BCUT2D eigenvalue weighted by Crippen LogP contribution is 2.48. The van der Waals surface area contributed by atoms with Crippen LogP contribution in [-0.4, -0.2) is 4.57 Å². The normalized spacial score (nSPS) is 11.8. The second kappa shape index (κ2) is 11.5. The predicted molar refractivity (Wildman–Crippen MR) is 225 cm³/mol. The van der Waals surface area contributed by atoms with Crippen LogP contribution in [0.2, 0.25) is 0 Å². The first kappa shape index (κ1) is 29.3. The molecule has 2 aromatic heterocycles. The SMILES string of the molecule is c1ccc(-c2cccc(-n3c4ccccc4c4cc(-c5cc6c7ccccc7c(-c7ccccc7)cc6c6sc7ccccc7c56)ccc43)c2)cc1. The first-order chi connectivity index (χ1) is 25.8. The van der Waals surface area contributed by atoms with Crippen molar-refractivity contribution in [3.63, 3.8) is 0 Å². The Labute approximate surface area is 305 Å². The van der Waals surface area contributed by atoms with Crippen LogP contribution in [-0.2, 0) is 0 Å². The second-order valence-corrected chi connectivity index (χ2v) is 14.7. The summed E-state index contributed by atoms with van der Waals surface area (Å²) < 4.78 is 5.09. The van der Waals surface area contributed by atoms with Crippen molar-refractivity contribution in [3.8, 4) is 39.1 Å². The minimum atomic E-state index is 1.16. The third-order valence-corrected chi connectivity index (χ3v) is 12.0. The summed E-state index contributed by atoms with van der Waals surface area (Å²) >= 11 is 1.92. The molecule has 52 heavy (non-hydrogen) atoms. The van der Waals surface area contributed by atoms with E-state index in [1.54, 1.807) is 0 Å². The van der Waals surface area contributed by atoms with Crippen molar-refractivity contribution in [2.45, 2.75) is 0 Å². The lowest BCUT2D eigenvalue weighted by atomic mass is 9.89. The van der Waals surface area contributed by atoms with Gasteiger partial charge in [-0.1, -0.05) is 140 Å². The molecule has 242 valence electrons. The number of hydrogen-bond donors (Lipinski definition) is 0. The van der Waals surface area contributed by atoms with Crippen molar-refractivity contribution in [3.05, 3.63) is 188 Å². The molecule has 0 saturated heterocycles. The van der Waals surface area contributed by atoms with Gasteiger partial charge < -0.3 is 4.57 Å². The molecule has 0 aliphatic heterocycles. The van der Waals surface area contributed by atoms with Gasteiger partial charge in [-0.15, -0.1) is 11.3 Å². The van der Waals surface area contributed by atoms with E-state index in [0.29, 0.717) is 0 Å². The number of nitrogens with zero attached hydrogens (tertiary/aromatic N) is 1. The minimum Gasteiger partial charge on any atom is -0.309 e. The summed E-state index contributed by atoms with van der Waals surface area (Å²) in [5.74, 6) is 0. The summed E-state index contributed by atoms with van der Waals surface area (Å²) in [5.41, 5.74) is 11.1. The molecule has 0 atom stereocenters. The Morgan fingerprint density at radius 1 is 0.327 bits per heavy atom. The van der Waals surface area contributed by atoms with Gasteiger partial charge in [-0.3, -0.25) is 0 Å². The lowest BCUT2D eigenvalue weighted by molar-refractivity contribution is 1.18. The maximum absolute atomic E-state index is 2.47. The summed E-state index contributed by atoms with van der Waals surface area (Å²) in [4.78, 5) is 0. The molecular weight excluding hydrogens is 647 g/mol. The van der Waals surface area contributed by atoms with Crippen molar-refractivity contribution < 1.29 is 0 Å². The number of para-hydroxylation sites is 1. The van der Waals surface area contributed by atoms with E-state index in [1.807, 2.05) is 11.3 Å². The van der Waals surface area contributed by atoms with Crippen molar-refractivity contribution in [2.24, 2.45) is 0 Å². The summed E-state index contributed by atoms with van der Waals surface area (Å²) in [7, 11) is 0. The standard InChI is InChI=1S/C50H31NS/c1-3-14-32(15-4-1)34-18-13-19-36(28-34)51-46-24-11-9-22-39(46)44-29-35(26-27-47(44)51)42-31-43-38-21-8-7-20-37(38)41(33-16-5-2-6-17-33)30-45(43)50-49(42)40-23-10-12-25-48(40)52-50/h1-31H. The predicted octanol–water partition coefficient (Wildman–Crippen LogP) is 14.5. The van der Waals surface area contributed by atoms with Gasteiger partial charge in [0.25, 0.3) is 0 Å². The zero-order chi connectivity index (χ0) is 34.2. The Hall–Kier alpha value is -6.48. The van der Waals surface area contributed by atoms with Gasteiger partial charge in [0.1, 0.15) is 0 Å². The van der Waals surface area contributed by atoms with Gasteiger partial charge in [0, 0.05) is 42.0 Å². The van der Waals surface area contributed by atoms with E-state index in [2.05, 4.69) is 193 Å². The molecule has 0 bridgehead atoms. The summed E-state index contributed by atoms with van der Waals surface area (Å²) in [6, 6.07) is 69.1. The summed E-state index contributed by atoms with van der Waals surface area (Å²) in [6.07, 6.45) is 0. The molecule has 0 aliphatic carbocycles. The fourth-order valence-electron chi connectivity index (χ4n) is 8.42. The average Bonchev–Trinajstić information content (AvgIpc) is 3.77. The van der Waals surface area contributed by atoms with Crippen molar-refractivity contribution >= 4 is 74.9 Å².